The zero-order chi connectivity index (χ0) is 27.2. The summed E-state index contributed by atoms with van der Waals surface area (Å²) < 4.78 is 6.00. The third-order valence-electron chi connectivity index (χ3n) is 7.55. The predicted molar refractivity (Wildman–Crippen MR) is 162 cm³/mol. The number of hydrogen-bond donors (Lipinski definition) is 1. The topological polar surface area (TPSA) is 62.8 Å². The SMILES string of the molecule is Cc1c(C(=O)c2ccccc2)oc2cc(O)c(C3=Nc4ccccc4SC(c4cccc5ccccc45)C3)cc12. The van der Waals surface area contributed by atoms with Crippen molar-refractivity contribution in [3.05, 3.63) is 137 Å². The second kappa shape index (κ2) is 9.85. The summed E-state index contributed by atoms with van der Waals surface area (Å²) in [6, 6.07) is 35.7. The van der Waals surface area contributed by atoms with E-state index < -0.39 is 0 Å². The second-order valence-electron chi connectivity index (χ2n) is 10.0. The molecule has 0 amide bonds. The molecule has 4 nitrogen and oxygen atoms in total. The highest BCUT2D eigenvalue weighted by Crippen LogP contribution is 2.48. The van der Waals surface area contributed by atoms with E-state index in [4.69, 9.17) is 9.41 Å². The number of carbonyl (C=O) groups excluding carboxylic acids is 1. The maximum absolute atomic E-state index is 13.2. The Labute approximate surface area is 236 Å². The quantitative estimate of drug-likeness (QED) is 0.227. The molecule has 1 N–H and O–H groups in total. The number of phenolic OH excluding ortho intramolecular Hbond substituents is 1. The van der Waals surface area contributed by atoms with E-state index in [0.29, 0.717) is 23.1 Å². The molecule has 1 aliphatic heterocycles. The number of hydrogen-bond acceptors (Lipinski definition) is 5. The first-order chi connectivity index (χ1) is 19.6. The second-order valence-corrected chi connectivity index (χ2v) is 11.3. The van der Waals surface area contributed by atoms with Gasteiger partial charge in [0.2, 0.25) is 5.78 Å². The van der Waals surface area contributed by atoms with Crippen LogP contribution in [0.1, 0.15) is 44.5 Å². The Kier molecular flexibility index (Phi) is 6.02. The summed E-state index contributed by atoms with van der Waals surface area (Å²) in [5.41, 5.74) is 5.36. The molecule has 0 bridgehead atoms. The summed E-state index contributed by atoms with van der Waals surface area (Å²) >= 11 is 1.80. The number of ketones is 1. The van der Waals surface area contributed by atoms with Crippen LogP contribution in [0.2, 0.25) is 0 Å². The number of para-hydroxylation sites is 1. The molecule has 7 rings (SSSR count). The minimum absolute atomic E-state index is 0.0831. The number of phenols is 1. The molecule has 0 saturated heterocycles. The van der Waals surface area contributed by atoms with Crippen molar-refractivity contribution >= 4 is 50.7 Å². The monoisotopic (exact) mass is 539 g/mol. The molecule has 1 aliphatic rings. The van der Waals surface area contributed by atoms with Gasteiger partial charge in [-0.3, -0.25) is 9.79 Å². The molecule has 194 valence electrons. The van der Waals surface area contributed by atoms with Crippen LogP contribution in [-0.4, -0.2) is 16.6 Å². The van der Waals surface area contributed by atoms with Crippen LogP contribution in [0.4, 0.5) is 5.69 Å². The maximum atomic E-state index is 13.2. The van der Waals surface area contributed by atoms with Crippen molar-refractivity contribution in [3.8, 4) is 5.75 Å². The Morgan fingerprint density at radius 2 is 1.62 bits per heavy atom. The van der Waals surface area contributed by atoms with Crippen LogP contribution in [0.25, 0.3) is 21.7 Å². The van der Waals surface area contributed by atoms with Crippen molar-refractivity contribution < 1.29 is 14.3 Å². The molecule has 0 spiro atoms. The maximum Gasteiger partial charge on any atom is 0.228 e. The van der Waals surface area contributed by atoms with E-state index in [2.05, 4.69) is 48.5 Å². The van der Waals surface area contributed by atoms with Crippen LogP contribution in [0, 0.1) is 6.92 Å². The first kappa shape index (κ1) is 24.4. The highest BCUT2D eigenvalue weighted by Gasteiger charge is 2.27. The van der Waals surface area contributed by atoms with Crippen LogP contribution in [0.5, 0.6) is 5.75 Å². The minimum atomic E-state index is -0.177. The highest BCUT2D eigenvalue weighted by molar-refractivity contribution is 7.99. The average molecular weight is 540 g/mol. The number of carbonyl (C=O) groups is 1. The van der Waals surface area contributed by atoms with E-state index in [1.165, 1.54) is 16.3 Å². The number of fused-ring (bicyclic) bond motifs is 3. The van der Waals surface area contributed by atoms with Crippen molar-refractivity contribution in [2.24, 2.45) is 4.99 Å². The number of thioether (sulfide) groups is 1. The fourth-order valence-electron chi connectivity index (χ4n) is 5.51. The van der Waals surface area contributed by atoms with Gasteiger partial charge in [-0.05, 0) is 41.5 Å². The summed E-state index contributed by atoms with van der Waals surface area (Å²) in [6.07, 6.45) is 0.624. The van der Waals surface area contributed by atoms with Crippen LogP contribution in [-0.2, 0) is 0 Å². The van der Waals surface area contributed by atoms with E-state index in [9.17, 15) is 9.90 Å². The molecule has 40 heavy (non-hydrogen) atoms. The number of benzene rings is 5. The standard InChI is InChI=1S/C35H25NO3S/c1-21-26-18-27(30(37)20-31(26)39-35(21)34(38)23-11-3-2-4-12-23)29-19-33(40-32-17-8-7-16-28(32)36-29)25-15-9-13-22-10-5-6-14-24(22)25/h2-18,20,33,37H,19H2,1H3. The zero-order valence-electron chi connectivity index (χ0n) is 21.8. The van der Waals surface area contributed by atoms with Gasteiger partial charge >= 0.3 is 0 Å². The van der Waals surface area contributed by atoms with Crippen molar-refractivity contribution in [3.63, 3.8) is 0 Å². The van der Waals surface area contributed by atoms with E-state index in [1.807, 2.05) is 49.4 Å². The van der Waals surface area contributed by atoms with Gasteiger partial charge in [-0.15, -0.1) is 11.8 Å². The summed E-state index contributed by atoms with van der Waals surface area (Å²) in [6.45, 7) is 1.89. The molecule has 5 aromatic carbocycles. The van der Waals surface area contributed by atoms with Gasteiger partial charge in [0.1, 0.15) is 11.3 Å². The molecule has 1 aromatic heterocycles. The van der Waals surface area contributed by atoms with Crippen LogP contribution < -0.4 is 0 Å². The first-order valence-electron chi connectivity index (χ1n) is 13.2. The number of rotatable bonds is 4. The van der Waals surface area contributed by atoms with Gasteiger partial charge in [0.05, 0.1) is 11.4 Å². The van der Waals surface area contributed by atoms with E-state index in [-0.39, 0.29) is 22.5 Å². The molecule has 6 aromatic rings. The lowest BCUT2D eigenvalue weighted by atomic mass is 9.95. The number of nitrogens with zero attached hydrogens (tertiary/aromatic N) is 1. The summed E-state index contributed by atoms with van der Waals surface area (Å²) in [4.78, 5) is 19.4. The van der Waals surface area contributed by atoms with Crippen molar-refractivity contribution in [2.75, 3.05) is 0 Å². The van der Waals surface area contributed by atoms with Gasteiger partial charge < -0.3 is 9.52 Å². The molecule has 2 heterocycles. The lowest BCUT2D eigenvalue weighted by Crippen LogP contribution is -2.06. The molecule has 1 atom stereocenters. The van der Waals surface area contributed by atoms with Gasteiger partial charge in [0.15, 0.2) is 5.76 Å². The summed E-state index contributed by atoms with van der Waals surface area (Å²) in [5.74, 6) is 0.193. The largest absolute Gasteiger partial charge is 0.507 e. The minimum Gasteiger partial charge on any atom is -0.507 e. The van der Waals surface area contributed by atoms with Gasteiger partial charge in [-0.1, -0.05) is 84.9 Å². The van der Waals surface area contributed by atoms with Crippen LogP contribution in [0.3, 0.4) is 0 Å². The van der Waals surface area contributed by atoms with Gasteiger partial charge in [-0.25, -0.2) is 0 Å². The van der Waals surface area contributed by atoms with Crippen molar-refractivity contribution in [2.45, 2.75) is 23.5 Å². The smallest absolute Gasteiger partial charge is 0.228 e. The normalized spacial score (nSPS) is 15.0. The first-order valence-corrected chi connectivity index (χ1v) is 14.1. The molecule has 0 fully saturated rings. The van der Waals surface area contributed by atoms with E-state index >= 15 is 0 Å². The number of aryl methyl sites for hydroxylation is 1. The molecule has 1 unspecified atom stereocenters. The molecular formula is C35H25NO3S. The predicted octanol–water partition coefficient (Wildman–Crippen LogP) is 9.19. The Morgan fingerprint density at radius 3 is 2.50 bits per heavy atom. The number of aliphatic imine (C=N–C) groups is 1. The van der Waals surface area contributed by atoms with E-state index in [0.717, 1.165) is 27.2 Å². The molecule has 0 radical (unpaired) electrons. The lowest BCUT2D eigenvalue weighted by molar-refractivity contribution is 0.101. The van der Waals surface area contributed by atoms with E-state index in [1.54, 1.807) is 30.0 Å². The number of aromatic hydroxyl groups is 1. The Hall–Kier alpha value is -4.61. The summed E-state index contributed by atoms with van der Waals surface area (Å²) in [7, 11) is 0. The molecule has 0 aliphatic carbocycles. The van der Waals surface area contributed by atoms with Crippen LogP contribution >= 0.6 is 11.8 Å². The van der Waals surface area contributed by atoms with Crippen molar-refractivity contribution in [1.29, 1.82) is 0 Å². The van der Waals surface area contributed by atoms with Crippen molar-refractivity contribution in [1.82, 2.24) is 0 Å². The Morgan fingerprint density at radius 1 is 0.875 bits per heavy atom. The highest BCUT2D eigenvalue weighted by atomic mass is 32.2. The average Bonchev–Trinajstić information content (AvgIpc) is 3.18. The van der Waals surface area contributed by atoms with Gasteiger partial charge in [0.25, 0.3) is 0 Å². The van der Waals surface area contributed by atoms with Crippen LogP contribution in [0.15, 0.2) is 123 Å². The number of furan rings is 1. The zero-order valence-corrected chi connectivity index (χ0v) is 22.6. The Balaban J connectivity index is 1.36. The molecule has 5 heteroatoms. The Bertz CT molecular complexity index is 1950. The fourth-order valence-corrected chi connectivity index (χ4v) is 6.78. The van der Waals surface area contributed by atoms with Gasteiger partial charge in [-0.2, -0.15) is 0 Å². The fraction of sp³-hybridized carbons (Fsp3) is 0.0857. The third kappa shape index (κ3) is 4.19. The summed E-state index contributed by atoms with van der Waals surface area (Å²) in [5, 5.41) is 14.6. The lowest BCUT2D eigenvalue weighted by Gasteiger charge is -2.18. The molecule has 0 saturated carbocycles. The third-order valence-corrected chi connectivity index (χ3v) is 8.85. The molecular weight excluding hydrogens is 514 g/mol. The van der Waals surface area contributed by atoms with Gasteiger partial charge in [0, 0.05) is 44.7 Å².